The van der Waals surface area contributed by atoms with Crippen molar-refractivity contribution < 1.29 is 4.57 Å². The zero-order valence-corrected chi connectivity index (χ0v) is 3.75. The summed E-state index contributed by atoms with van der Waals surface area (Å²) in [6, 6.07) is 0. The minimum Gasteiger partial charge on any atom is -0.0776 e. The van der Waals surface area contributed by atoms with Gasteiger partial charge in [0.15, 0.2) is 0 Å². The van der Waals surface area contributed by atoms with Crippen molar-refractivity contribution >= 4 is 7.80 Å². The average molecular weight is 125 g/mol. The Morgan fingerprint density at radius 3 is 1.00 bits per heavy atom. The van der Waals surface area contributed by atoms with E-state index in [0.29, 0.717) is 0 Å². The molecular weight excluding hydrogens is 107 g/mol. The molecule has 7 heavy (non-hydrogen) atoms. The van der Waals surface area contributed by atoms with E-state index in [-0.39, 0.29) is 22.3 Å². The van der Waals surface area contributed by atoms with Crippen molar-refractivity contribution in [2.24, 2.45) is 0 Å². The van der Waals surface area contributed by atoms with Gasteiger partial charge in [-0.05, 0) is 0 Å². The van der Waals surface area contributed by atoms with E-state index in [1.807, 2.05) is 0 Å². The standard InChI is InChI=1S/C2H6OP.3CH4/c1-4(2)3;;;/h1-2H3;3*1H4/q+1;;;. The average Bonchev–Trinajstić information content (AvgIpc) is 0.811. The van der Waals surface area contributed by atoms with Crippen LogP contribution >= 0.6 is 7.80 Å². The number of hydrogen-bond donors (Lipinski definition) is 0. The summed E-state index contributed by atoms with van der Waals surface area (Å²) in [5, 5.41) is 0. The predicted octanol–water partition coefficient (Wildman–Crippen LogP) is 2.98. The molecule has 0 rings (SSSR count). The maximum Gasteiger partial charge on any atom is 0.332 e. The van der Waals surface area contributed by atoms with Gasteiger partial charge in [0, 0.05) is 0 Å². The van der Waals surface area contributed by atoms with Crippen LogP contribution in [-0.2, 0) is 4.57 Å². The molecule has 0 saturated heterocycles. The smallest absolute Gasteiger partial charge is 0.0776 e. The van der Waals surface area contributed by atoms with Crippen molar-refractivity contribution in [1.82, 2.24) is 0 Å². The van der Waals surface area contributed by atoms with Crippen molar-refractivity contribution in [3.63, 3.8) is 0 Å². The highest BCUT2D eigenvalue weighted by atomic mass is 31.1. The van der Waals surface area contributed by atoms with E-state index in [1.54, 1.807) is 13.3 Å². The van der Waals surface area contributed by atoms with Crippen LogP contribution in [0.3, 0.4) is 0 Å². The molecular formula is C5H18OP+. The Labute approximate surface area is 48.9 Å². The van der Waals surface area contributed by atoms with E-state index in [1.165, 1.54) is 0 Å². The first-order valence-electron chi connectivity index (χ1n) is 1.08. The Bertz CT molecular complexity index is 31.1. The molecule has 0 aromatic heterocycles. The SMILES string of the molecule is C.C.C.C[P+](C)=O. The Hall–Kier alpha value is 0.100. The van der Waals surface area contributed by atoms with E-state index in [4.69, 9.17) is 0 Å². The minimum absolute atomic E-state index is 0. The zero-order chi connectivity index (χ0) is 3.58. The summed E-state index contributed by atoms with van der Waals surface area (Å²) in [6.45, 7) is 3.35. The van der Waals surface area contributed by atoms with Crippen molar-refractivity contribution in [2.45, 2.75) is 22.3 Å². The van der Waals surface area contributed by atoms with Gasteiger partial charge in [-0.1, -0.05) is 26.8 Å². The molecule has 0 aliphatic carbocycles. The summed E-state index contributed by atoms with van der Waals surface area (Å²) in [5.74, 6) is 0. The number of hydrogen-bond acceptors (Lipinski definition) is 1. The molecule has 0 aliphatic heterocycles. The normalized spacial score (nSPS) is 3.71. The van der Waals surface area contributed by atoms with Crippen LogP contribution in [0.1, 0.15) is 22.3 Å². The van der Waals surface area contributed by atoms with Gasteiger partial charge in [0.05, 0.1) is 0 Å². The van der Waals surface area contributed by atoms with Crippen LogP contribution in [0.4, 0.5) is 0 Å². The first-order valence-corrected chi connectivity index (χ1v) is 3.23. The molecule has 0 unspecified atom stereocenters. The molecule has 1 nitrogen and oxygen atoms in total. The van der Waals surface area contributed by atoms with Crippen molar-refractivity contribution in [2.75, 3.05) is 13.3 Å². The second kappa shape index (κ2) is 16.5. The molecule has 2 heteroatoms. The zero-order valence-electron chi connectivity index (χ0n) is 2.86. The molecule has 0 atom stereocenters. The predicted molar refractivity (Wildman–Crippen MR) is 39.6 cm³/mol. The Balaban J connectivity index is -0.0000000150. The Kier molecular flexibility index (Phi) is 64.8. The van der Waals surface area contributed by atoms with Crippen LogP contribution in [0.5, 0.6) is 0 Å². The lowest BCUT2D eigenvalue weighted by molar-refractivity contribution is 0.594. The van der Waals surface area contributed by atoms with Gasteiger partial charge in [0.1, 0.15) is 13.3 Å². The maximum atomic E-state index is 9.59. The van der Waals surface area contributed by atoms with E-state index in [0.717, 1.165) is 0 Å². The monoisotopic (exact) mass is 125 g/mol. The van der Waals surface area contributed by atoms with E-state index >= 15 is 0 Å². The summed E-state index contributed by atoms with van der Waals surface area (Å²) in [5.41, 5.74) is 0. The molecule has 0 amide bonds. The van der Waals surface area contributed by atoms with Gasteiger partial charge in [-0.25, -0.2) is 0 Å². The molecule has 0 aromatic carbocycles. The van der Waals surface area contributed by atoms with Gasteiger partial charge in [-0.3, -0.25) is 0 Å². The lowest BCUT2D eigenvalue weighted by Gasteiger charge is -1.37. The Morgan fingerprint density at radius 1 is 1.00 bits per heavy atom. The number of rotatable bonds is 0. The lowest BCUT2D eigenvalue weighted by Crippen LogP contribution is -1.33. The highest BCUT2D eigenvalue weighted by Gasteiger charge is 1.80. The minimum atomic E-state index is -0.870. The van der Waals surface area contributed by atoms with Crippen molar-refractivity contribution in [3.8, 4) is 0 Å². The highest BCUT2D eigenvalue weighted by Crippen LogP contribution is 2.00. The van der Waals surface area contributed by atoms with Gasteiger partial charge in [0.2, 0.25) is 0 Å². The molecule has 0 fully saturated rings. The first-order chi connectivity index (χ1) is 1.73. The van der Waals surface area contributed by atoms with Gasteiger partial charge < -0.3 is 0 Å². The summed E-state index contributed by atoms with van der Waals surface area (Å²) < 4.78 is 9.59. The van der Waals surface area contributed by atoms with Crippen LogP contribution in [0.2, 0.25) is 0 Å². The van der Waals surface area contributed by atoms with Gasteiger partial charge in [-0.15, -0.1) is 0 Å². The summed E-state index contributed by atoms with van der Waals surface area (Å²) in [6.07, 6.45) is 0. The second-order valence-electron chi connectivity index (χ2n) is 0.812. The van der Waals surface area contributed by atoms with E-state index in [2.05, 4.69) is 0 Å². The molecule has 0 aromatic rings. The van der Waals surface area contributed by atoms with Gasteiger partial charge in [-0.2, -0.15) is 0 Å². The summed E-state index contributed by atoms with van der Waals surface area (Å²) >= 11 is 0. The highest BCUT2D eigenvalue weighted by molar-refractivity contribution is 7.42. The molecule has 0 spiro atoms. The second-order valence-corrected chi connectivity index (χ2v) is 2.44. The van der Waals surface area contributed by atoms with Crippen LogP contribution in [-0.4, -0.2) is 13.3 Å². The van der Waals surface area contributed by atoms with Crippen LogP contribution < -0.4 is 0 Å². The maximum absolute atomic E-state index is 9.59. The van der Waals surface area contributed by atoms with Crippen molar-refractivity contribution in [1.29, 1.82) is 0 Å². The Morgan fingerprint density at radius 2 is 1.00 bits per heavy atom. The quantitative estimate of drug-likeness (QED) is 0.455. The van der Waals surface area contributed by atoms with Crippen molar-refractivity contribution in [3.05, 3.63) is 0 Å². The third kappa shape index (κ3) is 10300. The fourth-order valence-corrected chi connectivity index (χ4v) is 0. The van der Waals surface area contributed by atoms with Crippen LogP contribution in [0, 0.1) is 0 Å². The third-order valence-electron chi connectivity index (χ3n) is 0. The molecule has 0 N–H and O–H groups in total. The fraction of sp³-hybridized carbons (Fsp3) is 1.00. The first kappa shape index (κ1) is 27.5. The van der Waals surface area contributed by atoms with E-state index in [9.17, 15) is 4.57 Å². The lowest BCUT2D eigenvalue weighted by atomic mass is 11.9. The van der Waals surface area contributed by atoms with E-state index < -0.39 is 7.80 Å². The molecule has 0 aliphatic rings. The van der Waals surface area contributed by atoms with Crippen LogP contribution in [0.25, 0.3) is 0 Å². The van der Waals surface area contributed by atoms with Gasteiger partial charge >= 0.3 is 7.80 Å². The summed E-state index contributed by atoms with van der Waals surface area (Å²) in [7, 11) is -0.870. The molecule has 0 saturated carbocycles. The molecule has 48 valence electrons. The molecule has 0 heterocycles. The van der Waals surface area contributed by atoms with Gasteiger partial charge in [0.25, 0.3) is 0 Å². The largest absolute Gasteiger partial charge is 0.332 e. The third-order valence-corrected chi connectivity index (χ3v) is 0. The topological polar surface area (TPSA) is 17.1 Å². The molecule has 0 bridgehead atoms. The fourth-order valence-electron chi connectivity index (χ4n) is 0. The molecule has 0 radical (unpaired) electrons. The summed E-state index contributed by atoms with van der Waals surface area (Å²) in [4.78, 5) is 0. The van der Waals surface area contributed by atoms with Crippen LogP contribution in [0.15, 0.2) is 0 Å².